The van der Waals surface area contributed by atoms with Gasteiger partial charge in [0.15, 0.2) is 5.52 Å². The lowest BCUT2D eigenvalue weighted by Crippen LogP contribution is -2.30. The second-order valence-electron chi connectivity index (χ2n) is 6.32. The lowest BCUT2D eigenvalue weighted by molar-refractivity contribution is 0.0981. The molecule has 4 rings (SSSR count). The Labute approximate surface area is 177 Å². The largest absolute Gasteiger partial charge is 0.280 e. The van der Waals surface area contributed by atoms with E-state index in [1.807, 2.05) is 4.72 Å². The molecule has 0 aliphatic rings. The zero-order valence-corrected chi connectivity index (χ0v) is 17.2. The Morgan fingerprint density at radius 2 is 1.48 bits per heavy atom. The number of fused-ring (bicyclic) bond motifs is 1. The molecule has 3 aromatic carbocycles. The van der Waals surface area contributed by atoms with Gasteiger partial charge in [-0.3, -0.25) is 9.52 Å². The molecule has 0 saturated heterocycles. The fourth-order valence-electron chi connectivity index (χ4n) is 2.74. The van der Waals surface area contributed by atoms with Crippen LogP contribution in [0.1, 0.15) is 10.4 Å². The third-order valence-corrected chi connectivity index (χ3v) is 6.98. The van der Waals surface area contributed by atoms with Crippen molar-refractivity contribution in [3.63, 3.8) is 0 Å². The zero-order valence-electron chi connectivity index (χ0n) is 15.6. The molecule has 158 valence electrons. The van der Waals surface area contributed by atoms with E-state index in [2.05, 4.69) is 19.7 Å². The number of amides is 1. The Morgan fingerprint density at radius 3 is 2.19 bits per heavy atom. The molecule has 1 aromatic heterocycles. The van der Waals surface area contributed by atoms with E-state index < -0.39 is 26.0 Å². The van der Waals surface area contributed by atoms with Gasteiger partial charge in [-0.1, -0.05) is 24.3 Å². The van der Waals surface area contributed by atoms with E-state index in [4.69, 9.17) is 0 Å². The van der Waals surface area contributed by atoms with Crippen molar-refractivity contribution in [2.45, 2.75) is 9.79 Å². The Morgan fingerprint density at radius 1 is 0.774 bits per heavy atom. The number of benzene rings is 3. The maximum absolute atomic E-state index is 12.7. The quantitative estimate of drug-likeness (QED) is 0.446. The Bertz CT molecular complexity index is 1460. The maximum atomic E-state index is 12.7. The fourth-order valence-corrected chi connectivity index (χ4v) is 4.92. The molecule has 0 saturated carbocycles. The molecular formula is C19H14N4O6S2. The van der Waals surface area contributed by atoms with Gasteiger partial charge < -0.3 is 0 Å². The highest BCUT2D eigenvalue weighted by molar-refractivity contribution is 7.93. The minimum Gasteiger partial charge on any atom is -0.280 e. The number of nitrogens with zero attached hydrogens (tertiary/aromatic N) is 2. The van der Waals surface area contributed by atoms with Crippen LogP contribution in [0.4, 0.5) is 5.69 Å². The summed E-state index contributed by atoms with van der Waals surface area (Å²) in [5.41, 5.74) is 0.644. The molecule has 0 fully saturated rings. The smallest absolute Gasteiger partial charge is 0.264 e. The van der Waals surface area contributed by atoms with Gasteiger partial charge in [-0.25, -0.2) is 26.2 Å². The van der Waals surface area contributed by atoms with E-state index in [-0.39, 0.29) is 32.1 Å². The molecule has 0 aliphatic carbocycles. The van der Waals surface area contributed by atoms with Crippen molar-refractivity contribution in [1.82, 2.24) is 15.0 Å². The van der Waals surface area contributed by atoms with Gasteiger partial charge in [-0.05, 0) is 58.8 Å². The van der Waals surface area contributed by atoms with Crippen LogP contribution in [-0.4, -0.2) is 33.1 Å². The predicted molar refractivity (Wildman–Crippen MR) is 110 cm³/mol. The summed E-state index contributed by atoms with van der Waals surface area (Å²) in [6.07, 6.45) is 0. The Hall–Kier alpha value is -3.77. The van der Waals surface area contributed by atoms with E-state index in [1.54, 1.807) is 24.3 Å². The number of hydrogen-bond donors (Lipinski definition) is 2. The highest BCUT2D eigenvalue weighted by Gasteiger charge is 2.22. The molecule has 0 bridgehead atoms. The van der Waals surface area contributed by atoms with Gasteiger partial charge >= 0.3 is 0 Å². The van der Waals surface area contributed by atoms with Crippen LogP contribution in [-0.2, 0) is 20.0 Å². The van der Waals surface area contributed by atoms with Crippen molar-refractivity contribution in [2.24, 2.45) is 0 Å². The molecule has 0 aliphatic heterocycles. The summed E-state index contributed by atoms with van der Waals surface area (Å²) >= 11 is 0. The van der Waals surface area contributed by atoms with Crippen LogP contribution in [0.3, 0.4) is 0 Å². The molecule has 1 amide bonds. The van der Waals surface area contributed by atoms with Gasteiger partial charge in [0.05, 0.1) is 4.90 Å². The first-order valence-corrected chi connectivity index (χ1v) is 11.7. The van der Waals surface area contributed by atoms with Gasteiger partial charge in [0.25, 0.3) is 26.0 Å². The molecule has 0 radical (unpaired) electrons. The highest BCUT2D eigenvalue weighted by Crippen LogP contribution is 2.23. The lowest BCUT2D eigenvalue weighted by atomic mass is 10.2. The number of rotatable bonds is 6. The molecule has 12 heteroatoms. The van der Waals surface area contributed by atoms with Crippen molar-refractivity contribution in [2.75, 3.05) is 4.72 Å². The number of anilines is 1. The van der Waals surface area contributed by atoms with Crippen molar-refractivity contribution >= 4 is 42.7 Å². The summed E-state index contributed by atoms with van der Waals surface area (Å²) in [5, 5.41) is 7.21. The summed E-state index contributed by atoms with van der Waals surface area (Å²) in [6.45, 7) is 0. The minimum atomic E-state index is -4.15. The van der Waals surface area contributed by atoms with Crippen LogP contribution in [0.5, 0.6) is 0 Å². The highest BCUT2D eigenvalue weighted by atomic mass is 32.2. The fraction of sp³-hybridized carbons (Fsp3) is 0. The molecule has 1 heterocycles. The second-order valence-corrected chi connectivity index (χ2v) is 9.65. The molecule has 31 heavy (non-hydrogen) atoms. The topological polar surface area (TPSA) is 148 Å². The lowest BCUT2D eigenvalue weighted by Gasteiger charge is -2.10. The Balaban J connectivity index is 1.54. The van der Waals surface area contributed by atoms with Crippen molar-refractivity contribution < 1.29 is 26.3 Å². The average Bonchev–Trinajstić information content (AvgIpc) is 3.23. The first-order chi connectivity index (χ1) is 14.8. The zero-order chi connectivity index (χ0) is 22.1. The van der Waals surface area contributed by atoms with Crippen LogP contribution < -0.4 is 9.44 Å². The molecular weight excluding hydrogens is 444 g/mol. The van der Waals surface area contributed by atoms with Crippen molar-refractivity contribution in [3.05, 3.63) is 78.4 Å². The number of sulfonamides is 2. The van der Waals surface area contributed by atoms with Crippen molar-refractivity contribution in [3.8, 4) is 0 Å². The minimum absolute atomic E-state index is 0.0674. The molecule has 0 atom stereocenters. The summed E-state index contributed by atoms with van der Waals surface area (Å²) in [5.74, 6) is -0.778. The van der Waals surface area contributed by atoms with Crippen LogP contribution in [0.2, 0.25) is 0 Å². The number of carbonyl (C=O) groups is 1. The SMILES string of the molecule is O=C(NS(=O)(=O)c1ccc(NS(=O)(=O)c2cccc3nonc23)cc1)c1ccccc1. The van der Waals surface area contributed by atoms with Gasteiger partial charge in [0.1, 0.15) is 10.4 Å². The van der Waals surface area contributed by atoms with Gasteiger partial charge in [0, 0.05) is 11.3 Å². The van der Waals surface area contributed by atoms with Crippen molar-refractivity contribution in [1.29, 1.82) is 0 Å². The number of carbonyl (C=O) groups excluding carboxylic acids is 1. The number of aromatic nitrogens is 2. The summed E-state index contributed by atoms with van der Waals surface area (Å²) in [7, 11) is -8.19. The first-order valence-electron chi connectivity index (χ1n) is 8.73. The molecule has 4 aromatic rings. The maximum Gasteiger partial charge on any atom is 0.264 e. The summed E-state index contributed by atoms with van der Waals surface area (Å²) in [4.78, 5) is 11.8. The molecule has 0 spiro atoms. The van der Waals surface area contributed by atoms with E-state index in [0.29, 0.717) is 0 Å². The molecule has 10 nitrogen and oxygen atoms in total. The average molecular weight is 458 g/mol. The van der Waals surface area contributed by atoms with Gasteiger partial charge in [-0.2, -0.15) is 0 Å². The van der Waals surface area contributed by atoms with E-state index >= 15 is 0 Å². The normalized spacial score (nSPS) is 11.9. The van der Waals surface area contributed by atoms with E-state index in [9.17, 15) is 21.6 Å². The third-order valence-electron chi connectivity index (χ3n) is 4.22. The standard InChI is InChI=1S/C19H14N4O6S2/c24-19(13-5-2-1-3-6-13)23-30(25,26)15-11-9-14(10-12-15)22-31(27,28)17-8-4-7-16-18(17)21-29-20-16/h1-12,22H,(H,23,24). The van der Waals surface area contributed by atoms with E-state index in [0.717, 1.165) is 0 Å². The monoisotopic (exact) mass is 458 g/mol. The van der Waals surface area contributed by atoms with Crippen LogP contribution in [0, 0.1) is 0 Å². The summed E-state index contributed by atoms with van der Waals surface area (Å²) in [6, 6.07) is 17.1. The molecule has 0 unspecified atom stereocenters. The van der Waals surface area contributed by atoms with Crippen LogP contribution in [0.25, 0.3) is 11.0 Å². The molecule has 2 N–H and O–H groups in total. The number of hydrogen-bond acceptors (Lipinski definition) is 8. The van der Waals surface area contributed by atoms with Gasteiger partial charge in [-0.15, -0.1) is 0 Å². The second kappa shape index (κ2) is 7.81. The predicted octanol–water partition coefficient (Wildman–Crippen LogP) is 2.14. The number of nitrogens with one attached hydrogen (secondary N) is 2. The van der Waals surface area contributed by atoms with Crippen LogP contribution in [0.15, 0.2) is 87.2 Å². The van der Waals surface area contributed by atoms with E-state index in [1.165, 1.54) is 48.5 Å². The third kappa shape index (κ3) is 4.25. The summed E-state index contributed by atoms with van der Waals surface area (Å²) < 4.78 is 59.2. The van der Waals surface area contributed by atoms with Crippen LogP contribution >= 0.6 is 0 Å². The Kier molecular flexibility index (Phi) is 5.17. The van der Waals surface area contributed by atoms with Gasteiger partial charge in [0.2, 0.25) is 0 Å². The first kappa shape index (κ1) is 20.5.